The van der Waals surface area contributed by atoms with Crippen LogP contribution in [0.5, 0.6) is 5.75 Å². The highest BCUT2D eigenvalue weighted by Crippen LogP contribution is 2.36. The second kappa shape index (κ2) is 6.44. The van der Waals surface area contributed by atoms with Gasteiger partial charge in [0.05, 0.1) is 12.4 Å². The lowest BCUT2D eigenvalue weighted by molar-refractivity contribution is 0.409. The van der Waals surface area contributed by atoms with Crippen LogP contribution in [-0.2, 0) is 0 Å². The molecule has 20 heavy (non-hydrogen) atoms. The van der Waals surface area contributed by atoms with Crippen molar-refractivity contribution in [1.82, 2.24) is 9.97 Å². The Balaban J connectivity index is 2.31. The molecule has 1 heterocycles. The minimum atomic E-state index is -0.282. The van der Waals surface area contributed by atoms with E-state index in [4.69, 9.17) is 16.2 Å². The van der Waals surface area contributed by atoms with Gasteiger partial charge in [0.25, 0.3) is 5.56 Å². The van der Waals surface area contributed by atoms with Crippen molar-refractivity contribution in [2.75, 3.05) is 19.4 Å². The Morgan fingerprint density at radius 1 is 1.45 bits per heavy atom. The van der Waals surface area contributed by atoms with Crippen LogP contribution < -0.4 is 21.8 Å². The van der Waals surface area contributed by atoms with Crippen LogP contribution >= 0.6 is 11.8 Å². The number of anilines is 1. The molecule has 1 aromatic carbocycles. The predicted molar refractivity (Wildman–Crippen MR) is 79.9 cm³/mol. The van der Waals surface area contributed by atoms with Gasteiger partial charge in [-0.05, 0) is 6.07 Å². The van der Waals surface area contributed by atoms with Gasteiger partial charge >= 0.3 is 0 Å². The Morgan fingerprint density at radius 2 is 2.20 bits per heavy atom. The molecule has 106 valence electrons. The number of ether oxygens (including phenoxy) is 1. The second-order valence-electron chi connectivity index (χ2n) is 4.06. The number of rotatable bonds is 5. The molecule has 0 spiro atoms. The van der Waals surface area contributed by atoms with Crippen molar-refractivity contribution in [2.45, 2.75) is 10.4 Å². The summed E-state index contributed by atoms with van der Waals surface area (Å²) in [5.41, 5.74) is 12.1. The molecule has 1 atom stereocenters. The fourth-order valence-electron chi connectivity index (χ4n) is 1.81. The van der Waals surface area contributed by atoms with Crippen molar-refractivity contribution in [1.29, 1.82) is 0 Å². The topological polar surface area (TPSA) is 107 Å². The lowest BCUT2D eigenvalue weighted by Crippen LogP contribution is -2.14. The van der Waals surface area contributed by atoms with E-state index >= 15 is 0 Å². The molecule has 5 N–H and O–H groups in total. The van der Waals surface area contributed by atoms with Crippen molar-refractivity contribution in [3.63, 3.8) is 0 Å². The standard InChI is InChI=1S/C13H16N4O2S/c1-19-9-5-3-2-4-8(9)10(7-14)20-13-16-11(15)6-12(18)17-13/h2-6,10H,7,14H2,1H3,(H3,15,16,17,18). The SMILES string of the molecule is COc1ccccc1C(CN)Sc1nc(N)cc(=O)[nH]1. The molecule has 0 aliphatic rings. The van der Waals surface area contributed by atoms with Gasteiger partial charge < -0.3 is 21.2 Å². The number of benzene rings is 1. The number of nitrogen functional groups attached to an aromatic ring is 1. The molecule has 0 saturated carbocycles. The minimum Gasteiger partial charge on any atom is -0.496 e. The molecule has 2 aromatic rings. The fourth-order valence-corrected chi connectivity index (χ4v) is 2.82. The molecule has 0 amide bonds. The number of aromatic nitrogens is 2. The first-order valence-corrected chi connectivity index (χ1v) is 6.88. The third kappa shape index (κ3) is 3.31. The summed E-state index contributed by atoms with van der Waals surface area (Å²) in [4.78, 5) is 18.1. The number of methoxy groups -OCH3 is 1. The normalized spacial score (nSPS) is 12.1. The Hall–Kier alpha value is -1.99. The van der Waals surface area contributed by atoms with Crippen molar-refractivity contribution in [3.05, 3.63) is 46.2 Å². The van der Waals surface area contributed by atoms with Gasteiger partial charge in [-0.2, -0.15) is 0 Å². The van der Waals surface area contributed by atoms with E-state index in [1.807, 2.05) is 24.3 Å². The van der Waals surface area contributed by atoms with E-state index in [0.29, 0.717) is 11.7 Å². The van der Waals surface area contributed by atoms with E-state index < -0.39 is 0 Å². The van der Waals surface area contributed by atoms with E-state index in [1.54, 1.807) is 7.11 Å². The number of thioether (sulfide) groups is 1. The fraction of sp³-hybridized carbons (Fsp3) is 0.231. The number of H-pyrrole nitrogens is 1. The maximum atomic E-state index is 11.4. The summed E-state index contributed by atoms with van der Waals surface area (Å²) < 4.78 is 5.33. The first kappa shape index (κ1) is 14.4. The van der Waals surface area contributed by atoms with Crippen LogP contribution in [-0.4, -0.2) is 23.6 Å². The summed E-state index contributed by atoms with van der Waals surface area (Å²) in [6.45, 7) is 0.379. The first-order valence-electron chi connectivity index (χ1n) is 6.00. The number of hydrogen-bond acceptors (Lipinski definition) is 6. The summed E-state index contributed by atoms with van der Waals surface area (Å²) in [6.07, 6.45) is 0. The molecule has 2 rings (SSSR count). The highest BCUT2D eigenvalue weighted by Gasteiger charge is 2.17. The molecule has 0 bridgehead atoms. The molecule has 1 aromatic heterocycles. The van der Waals surface area contributed by atoms with Crippen LogP contribution in [0.4, 0.5) is 5.82 Å². The highest BCUT2D eigenvalue weighted by molar-refractivity contribution is 7.99. The van der Waals surface area contributed by atoms with Gasteiger partial charge in [-0.25, -0.2) is 4.98 Å². The Bertz CT molecular complexity index is 644. The van der Waals surface area contributed by atoms with Gasteiger partial charge in [-0.15, -0.1) is 0 Å². The Morgan fingerprint density at radius 3 is 2.85 bits per heavy atom. The largest absolute Gasteiger partial charge is 0.496 e. The number of para-hydroxylation sites is 1. The molecule has 0 aliphatic heterocycles. The van der Waals surface area contributed by atoms with Gasteiger partial charge in [0.15, 0.2) is 5.16 Å². The van der Waals surface area contributed by atoms with Crippen molar-refractivity contribution in [2.24, 2.45) is 5.73 Å². The summed E-state index contributed by atoms with van der Waals surface area (Å²) in [6, 6.07) is 8.85. The van der Waals surface area contributed by atoms with Gasteiger partial charge in [-0.1, -0.05) is 30.0 Å². The maximum Gasteiger partial charge on any atom is 0.253 e. The lowest BCUT2D eigenvalue weighted by Gasteiger charge is -2.17. The molecule has 1 unspecified atom stereocenters. The summed E-state index contributed by atoms with van der Waals surface area (Å²) >= 11 is 1.35. The minimum absolute atomic E-state index is 0.0869. The number of aromatic amines is 1. The summed E-state index contributed by atoms with van der Waals surface area (Å²) in [7, 11) is 1.61. The maximum absolute atomic E-state index is 11.4. The second-order valence-corrected chi connectivity index (χ2v) is 5.25. The molecular weight excluding hydrogens is 276 g/mol. The van der Waals surface area contributed by atoms with Gasteiger partial charge in [-0.3, -0.25) is 4.79 Å². The Labute approximate surface area is 120 Å². The molecule has 7 heteroatoms. The van der Waals surface area contributed by atoms with Crippen molar-refractivity contribution >= 4 is 17.6 Å². The highest BCUT2D eigenvalue weighted by atomic mass is 32.2. The van der Waals surface area contributed by atoms with Crippen LogP contribution in [0.3, 0.4) is 0 Å². The van der Waals surface area contributed by atoms with Gasteiger partial charge in [0.2, 0.25) is 0 Å². The van der Waals surface area contributed by atoms with Gasteiger partial charge in [0.1, 0.15) is 11.6 Å². The number of nitrogens with zero attached hydrogens (tertiary/aromatic N) is 1. The van der Waals surface area contributed by atoms with Crippen LogP contribution in [0.15, 0.2) is 40.3 Å². The zero-order valence-electron chi connectivity index (χ0n) is 11.0. The van der Waals surface area contributed by atoms with E-state index in [2.05, 4.69) is 9.97 Å². The Kier molecular flexibility index (Phi) is 4.65. The zero-order chi connectivity index (χ0) is 14.5. The zero-order valence-corrected chi connectivity index (χ0v) is 11.8. The molecule has 0 radical (unpaired) electrons. The lowest BCUT2D eigenvalue weighted by atomic mass is 10.1. The molecular formula is C13H16N4O2S. The van der Waals surface area contributed by atoms with Crippen molar-refractivity contribution in [3.8, 4) is 5.75 Å². The third-order valence-corrected chi connectivity index (χ3v) is 3.84. The molecule has 0 fully saturated rings. The third-order valence-electron chi connectivity index (χ3n) is 2.69. The van der Waals surface area contributed by atoms with E-state index in [1.165, 1.54) is 17.8 Å². The van der Waals surface area contributed by atoms with E-state index in [0.717, 1.165) is 11.3 Å². The van der Waals surface area contributed by atoms with Gasteiger partial charge in [0, 0.05) is 18.2 Å². The number of hydrogen-bond donors (Lipinski definition) is 3. The van der Waals surface area contributed by atoms with Crippen molar-refractivity contribution < 1.29 is 4.74 Å². The average molecular weight is 292 g/mol. The van der Waals surface area contributed by atoms with Crippen LogP contribution in [0.1, 0.15) is 10.8 Å². The first-order chi connectivity index (χ1) is 9.63. The molecule has 0 saturated heterocycles. The summed E-state index contributed by atoms with van der Waals surface area (Å²) in [5, 5.41) is 0.354. The molecule has 6 nitrogen and oxygen atoms in total. The number of nitrogens with two attached hydrogens (primary N) is 2. The predicted octanol–water partition coefficient (Wildman–Crippen LogP) is 1.15. The molecule has 0 aliphatic carbocycles. The van der Waals surface area contributed by atoms with Crippen LogP contribution in [0.2, 0.25) is 0 Å². The monoisotopic (exact) mass is 292 g/mol. The van der Waals surface area contributed by atoms with E-state index in [-0.39, 0.29) is 16.6 Å². The number of nitrogens with one attached hydrogen (secondary N) is 1. The van der Waals surface area contributed by atoms with Crippen LogP contribution in [0, 0.1) is 0 Å². The summed E-state index contributed by atoms with van der Waals surface area (Å²) in [5.74, 6) is 0.939. The van der Waals surface area contributed by atoms with E-state index in [9.17, 15) is 4.79 Å². The van der Waals surface area contributed by atoms with Crippen LogP contribution in [0.25, 0.3) is 0 Å². The average Bonchev–Trinajstić information content (AvgIpc) is 2.43. The quantitative estimate of drug-likeness (QED) is 0.564. The smallest absolute Gasteiger partial charge is 0.253 e.